The third kappa shape index (κ3) is 4.84. The predicted octanol–water partition coefficient (Wildman–Crippen LogP) is 3.34. The fourth-order valence-electron chi connectivity index (χ4n) is 2.58. The Labute approximate surface area is 171 Å². The standard InChI is InChI=1S/C20H21F2N5OS/c1-20(2,29(28)27(4)19(24)25-3)15-9-13(5-7-16(15)21)10-17(22)18-8-6-14(11-23)12-26-18/h5-10,12H,1-4H3,(H2,24,25)/b17-10-. The van der Waals surface area contributed by atoms with Gasteiger partial charge in [-0.2, -0.15) is 5.26 Å². The van der Waals surface area contributed by atoms with E-state index in [2.05, 4.69) is 9.98 Å². The number of rotatable bonds is 5. The summed E-state index contributed by atoms with van der Waals surface area (Å²) in [5.41, 5.74) is 6.58. The quantitative estimate of drug-likeness (QED) is 0.596. The minimum Gasteiger partial charge on any atom is -0.369 e. The summed E-state index contributed by atoms with van der Waals surface area (Å²) in [5, 5.41) is 8.79. The van der Waals surface area contributed by atoms with E-state index in [9.17, 15) is 13.0 Å². The van der Waals surface area contributed by atoms with E-state index in [0.717, 1.165) is 0 Å². The molecule has 0 bridgehead atoms. The van der Waals surface area contributed by atoms with E-state index in [-0.39, 0.29) is 17.2 Å². The highest BCUT2D eigenvalue weighted by Gasteiger charge is 2.34. The second kappa shape index (κ2) is 8.92. The van der Waals surface area contributed by atoms with Gasteiger partial charge in [-0.05, 0) is 49.8 Å². The van der Waals surface area contributed by atoms with Crippen molar-refractivity contribution in [3.05, 3.63) is 64.7 Å². The summed E-state index contributed by atoms with van der Waals surface area (Å²) in [6.07, 6.45) is 2.46. The van der Waals surface area contributed by atoms with E-state index in [1.54, 1.807) is 13.8 Å². The number of guanidine groups is 1. The number of benzene rings is 1. The Bertz CT molecular complexity index is 1030. The van der Waals surface area contributed by atoms with Crippen LogP contribution < -0.4 is 5.73 Å². The number of hydrogen-bond donors (Lipinski definition) is 1. The fourth-order valence-corrected chi connectivity index (χ4v) is 3.86. The zero-order chi connectivity index (χ0) is 21.8. The number of hydrogen-bond acceptors (Lipinski definition) is 4. The maximum absolute atomic E-state index is 14.5. The highest BCUT2D eigenvalue weighted by atomic mass is 32.2. The van der Waals surface area contributed by atoms with Crippen LogP contribution in [0.1, 0.15) is 36.2 Å². The van der Waals surface area contributed by atoms with Gasteiger partial charge in [-0.1, -0.05) is 6.07 Å². The van der Waals surface area contributed by atoms with Gasteiger partial charge < -0.3 is 5.73 Å². The van der Waals surface area contributed by atoms with Crippen molar-refractivity contribution in [3.63, 3.8) is 0 Å². The average molecular weight is 417 g/mol. The number of aliphatic imine (C=N–C) groups is 1. The van der Waals surface area contributed by atoms with E-state index in [1.807, 2.05) is 6.07 Å². The van der Waals surface area contributed by atoms with Gasteiger partial charge in [-0.25, -0.2) is 13.0 Å². The van der Waals surface area contributed by atoms with E-state index in [0.29, 0.717) is 11.1 Å². The molecule has 1 heterocycles. The smallest absolute Gasteiger partial charge is 0.202 e. The maximum Gasteiger partial charge on any atom is 0.202 e. The molecule has 29 heavy (non-hydrogen) atoms. The second-order valence-corrected chi connectivity index (χ2v) is 8.68. The van der Waals surface area contributed by atoms with Crippen molar-refractivity contribution in [2.75, 3.05) is 14.1 Å². The van der Waals surface area contributed by atoms with E-state index < -0.39 is 27.4 Å². The molecule has 0 saturated heterocycles. The molecule has 0 amide bonds. The van der Waals surface area contributed by atoms with Gasteiger partial charge in [0.05, 0.1) is 16.0 Å². The van der Waals surface area contributed by atoms with Crippen LogP contribution in [-0.4, -0.2) is 33.6 Å². The van der Waals surface area contributed by atoms with Gasteiger partial charge in [-0.3, -0.25) is 14.3 Å². The Kier molecular flexibility index (Phi) is 6.82. The highest BCUT2D eigenvalue weighted by molar-refractivity contribution is 7.84. The van der Waals surface area contributed by atoms with Crippen molar-refractivity contribution in [1.29, 1.82) is 5.26 Å². The number of nitrogens with zero attached hydrogens (tertiary/aromatic N) is 4. The molecule has 9 heteroatoms. The Hall–Kier alpha value is -3.12. The summed E-state index contributed by atoms with van der Waals surface area (Å²) in [4.78, 5) is 7.68. The number of nitriles is 1. The summed E-state index contributed by atoms with van der Waals surface area (Å²) in [6.45, 7) is 3.21. The van der Waals surface area contributed by atoms with Crippen LogP contribution in [0.25, 0.3) is 11.9 Å². The first kappa shape index (κ1) is 22.2. The minimum absolute atomic E-state index is 0.0457. The SMILES string of the molecule is CN=C(N)N(C)S(=O)C(C)(C)c1cc(/C=C(\F)c2ccc(C#N)cn2)ccc1F. The van der Waals surface area contributed by atoms with Crippen molar-refractivity contribution >= 4 is 28.8 Å². The molecule has 6 nitrogen and oxygen atoms in total. The first-order chi connectivity index (χ1) is 13.6. The summed E-state index contributed by atoms with van der Waals surface area (Å²) in [7, 11) is 1.21. The molecule has 2 rings (SSSR count). The molecule has 0 aliphatic rings. The number of halogens is 2. The van der Waals surface area contributed by atoms with Crippen molar-refractivity contribution in [2.24, 2.45) is 10.7 Å². The average Bonchev–Trinajstić information content (AvgIpc) is 2.73. The topological polar surface area (TPSA) is 95.4 Å². The van der Waals surface area contributed by atoms with Crippen LogP contribution in [0.2, 0.25) is 0 Å². The molecule has 152 valence electrons. The zero-order valence-electron chi connectivity index (χ0n) is 16.5. The van der Waals surface area contributed by atoms with Crippen molar-refractivity contribution in [1.82, 2.24) is 9.29 Å². The monoisotopic (exact) mass is 417 g/mol. The predicted molar refractivity (Wildman–Crippen MR) is 111 cm³/mol. The second-order valence-electron chi connectivity index (χ2n) is 6.61. The molecule has 0 spiro atoms. The molecular formula is C20H21F2N5OS. The number of pyridine rings is 1. The third-order valence-electron chi connectivity index (χ3n) is 4.31. The van der Waals surface area contributed by atoms with Crippen molar-refractivity contribution < 1.29 is 13.0 Å². The van der Waals surface area contributed by atoms with E-state index in [4.69, 9.17) is 11.0 Å². The van der Waals surface area contributed by atoms with Crippen LogP contribution in [0.3, 0.4) is 0 Å². The summed E-state index contributed by atoms with van der Waals surface area (Å²) < 4.78 is 42.1. The number of aromatic nitrogens is 1. The molecule has 0 fully saturated rings. The van der Waals surface area contributed by atoms with Crippen LogP contribution in [0, 0.1) is 17.1 Å². The van der Waals surface area contributed by atoms with Gasteiger partial charge >= 0.3 is 0 Å². The first-order valence-corrected chi connectivity index (χ1v) is 9.64. The highest BCUT2D eigenvalue weighted by Crippen LogP contribution is 2.32. The van der Waals surface area contributed by atoms with Crippen LogP contribution >= 0.6 is 0 Å². The lowest BCUT2D eigenvalue weighted by molar-refractivity contribution is 0.556. The van der Waals surface area contributed by atoms with Gasteiger partial charge in [0.1, 0.15) is 28.7 Å². The molecule has 0 saturated carbocycles. The molecule has 1 aromatic carbocycles. The lowest BCUT2D eigenvalue weighted by Gasteiger charge is -2.30. The summed E-state index contributed by atoms with van der Waals surface area (Å²) >= 11 is 0. The maximum atomic E-state index is 14.5. The largest absolute Gasteiger partial charge is 0.369 e. The Morgan fingerprint density at radius 3 is 2.62 bits per heavy atom. The zero-order valence-corrected chi connectivity index (χ0v) is 17.3. The van der Waals surface area contributed by atoms with Gasteiger partial charge in [0.2, 0.25) is 5.96 Å². The summed E-state index contributed by atoms with van der Waals surface area (Å²) in [5.74, 6) is -1.17. The molecule has 0 aliphatic heterocycles. The fraction of sp³-hybridized carbons (Fsp3) is 0.250. The van der Waals surface area contributed by atoms with Gasteiger partial charge in [0.15, 0.2) is 0 Å². The first-order valence-electron chi connectivity index (χ1n) is 8.53. The Morgan fingerprint density at radius 2 is 2.07 bits per heavy atom. The van der Waals surface area contributed by atoms with Crippen LogP contribution in [-0.2, 0) is 15.7 Å². The number of nitrogens with two attached hydrogens (primary N) is 1. The summed E-state index contributed by atoms with van der Waals surface area (Å²) in [6, 6.07) is 8.78. The molecule has 0 radical (unpaired) electrons. The third-order valence-corrected chi connectivity index (χ3v) is 6.08. The van der Waals surface area contributed by atoms with E-state index in [1.165, 1.54) is 61.0 Å². The molecule has 0 aliphatic carbocycles. The van der Waals surface area contributed by atoms with Crippen LogP contribution in [0.4, 0.5) is 8.78 Å². The van der Waals surface area contributed by atoms with Crippen molar-refractivity contribution in [3.8, 4) is 6.07 Å². The van der Waals surface area contributed by atoms with Gasteiger partial charge in [0.25, 0.3) is 0 Å². The Morgan fingerprint density at radius 1 is 1.38 bits per heavy atom. The molecule has 1 aromatic heterocycles. The lowest BCUT2D eigenvalue weighted by Crippen LogP contribution is -2.43. The van der Waals surface area contributed by atoms with Crippen molar-refractivity contribution in [2.45, 2.75) is 18.6 Å². The van der Waals surface area contributed by atoms with Gasteiger partial charge in [0, 0.05) is 25.9 Å². The van der Waals surface area contributed by atoms with E-state index >= 15 is 0 Å². The Balaban J connectivity index is 2.42. The molecule has 2 aromatic rings. The van der Waals surface area contributed by atoms with Crippen LogP contribution in [0.5, 0.6) is 0 Å². The molecule has 1 atom stereocenters. The lowest BCUT2D eigenvalue weighted by atomic mass is 9.98. The minimum atomic E-state index is -1.75. The van der Waals surface area contributed by atoms with Gasteiger partial charge in [-0.15, -0.1) is 0 Å². The molecule has 1 unspecified atom stereocenters. The molecule has 2 N–H and O–H groups in total. The normalized spacial score (nSPS) is 13.7. The molecular weight excluding hydrogens is 396 g/mol. The van der Waals surface area contributed by atoms with Crippen LogP contribution in [0.15, 0.2) is 41.5 Å².